The summed E-state index contributed by atoms with van der Waals surface area (Å²) < 4.78 is 0. The molecule has 0 unspecified atom stereocenters. The average Bonchev–Trinajstić information content (AvgIpc) is 2.86. The fourth-order valence-corrected chi connectivity index (χ4v) is 6.18. The van der Waals surface area contributed by atoms with Gasteiger partial charge in [-0.05, 0) is 55.6 Å². The molecule has 9 nitrogen and oxygen atoms in total. The van der Waals surface area contributed by atoms with Crippen LogP contribution in [0.15, 0.2) is 65.1 Å². The minimum atomic E-state index is -2.65. The molecule has 38 heavy (non-hydrogen) atoms. The van der Waals surface area contributed by atoms with Crippen molar-refractivity contribution < 1.29 is 34.8 Å². The molecule has 3 aliphatic rings. The van der Waals surface area contributed by atoms with E-state index in [1.807, 2.05) is 42.5 Å². The maximum atomic E-state index is 13.7. The van der Waals surface area contributed by atoms with Crippen LogP contribution in [0.25, 0.3) is 12.2 Å². The Kier molecular flexibility index (Phi) is 6.00. The molecular formula is C29H28N2O7. The van der Waals surface area contributed by atoms with Gasteiger partial charge in [-0.3, -0.25) is 19.3 Å². The van der Waals surface area contributed by atoms with Crippen molar-refractivity contribution in [3.63, 3.8) is 0 Å². The predicted molar refractivity (Wildman–Crippen MR) is 139 cm³/mol. The second-order valence-electron chi connectivity index (χ2n) is 10.2. The summed E-state index contributed by atoms with van der Waals surface area (Å²) in [5.41, 5.74) is 3.92. The van der Waals surface area contributed by atoms with Gasteiger partial charge in [-0.1, -0.05) is 48.6 Å². The summed E-state index contributed by atoms with van der Waals surface area (Å²) in [5, 5.41) is 44.5. The number of ketones is 2. The van der Waals surface area contributed by atoms with E-state index in [1.54, 1.807) is 20.2 Å². The fourth-order valence-electron chi connectivity index (χ4n) is 6.18. The van der Waals surface area contributed by atoms with Crippen LogP contribution in [0.1, 0.15) is 33.5 Å². The highest BCUT2D eigenvalue weighted by atomic mass is 16.3. The molecule has 0 radical (unpaired) electrons. The number of phenolic OH excluding ortho intramolecular Hbond substituents is 1. The van der Waals surface area contributed by atoms with Crippen molar-refractivity contribution in [2.45, 2.75) is 24.5 Å². The molecule has 0 fully saturated rings. The minimum Gasteiger partial charge on any atom is -0.510 e. The number of likely N-dealkylation sites (N-methyl/N-ethyl adjacent to an activating group) is 1. The van der Waals surface area contributed by atoms with Gasteiger partial charge in [0, 0.05) is 11.5 Å². The Hall–Kier alpha value is -4.21. The average molecular weight is 517 g/mol. The van der Waals surface area contributed by atoms with Gasteiger partial charge in [0.2, 0.25) is 5.78 Å². The van der Waals surface area contributed by atoms with E-state index in [9.17, 15) is 34.8 Å². The van der Waals surface area contributed by atoms with Gasteiger partial charge >= 0.3 is 0 Å². The first-order chi connectivity index (χ1) is 18.0. The Morgan fingerprint density at radius 1 is 1.05 bits per heavy atom. The molecule has 0 spiro atoms. The number of hydrogen-bond acceptors (Lipinski definition) is 8. The first-order valence-corrected chi connectivity index (χ1v) is 12.2. The van der Waals surface area contributed by atoms with E-state index in [-0.39, 0.29) is 29.7 Å². The number of carbonyl (C=O) groups is 3. The molecule has 0 aliphatic heterocycles. The predicted octanol–water partition coefficient (Wildman–Crippen LogP) is 2.29. The third-order valence-electron chi connectivity index (χ3n) is 7.90. The third-order valence-corrected chi connectivity index (χ3v) is 7.90. The van der Waals surface area contributed by atoms with Crippen molar-refractivity contribution in [1.82, 2.24) is 4.90 Å². The topological polar surface area (TPSA) is 161 Å². The molecule has 1 amide bonds. The highest BCUT2D eigenvalue weighted by Crippen LogP contribution is 2.52. The zero-order chi connectivity index (χ0) is 27.5. The van der Waals surface area contributed by atoms with E-state index in [1.165, 1.54) is 11.0 Å². The molecule has 5 rings (SSSR count). The first-order valence-electron chi connectivity index (χ1n) is 12.2. The van der Waals surface area contributed by atoms with Gasteiger partial charge in [0.1, 0.15) is 22.8 Å². The summed E-state index contributed by atoms with van der Waals surface area (Å²) in [5.74, 6) is -6.64. The van der Waals surface area contributed by atoms with Crippen LogP contribution in [0.2, 0.25) is 0 Å². The summed E-state index contributed by atoms with van der Waals surface area (Å²) in [6, 6.07) is 11.6. The molecule has 4 atom stereocenters. The SMILES string of the molecule is CN(C)[C@@H]1C(O)=C(C(N)=O)C(=O)[C@@]2(O)C(O)=C3C(=O)c4c(O)ccc(/C=C/c5ccccc5)c4C[C@H]3C[C@@H]12. The number of nitrogens with two attached hydrogens (primary N) is 1. The maximum absolute atomic E-state index is 13.7. The first kappa shape index (κ1) is 25.4. The molecule has 0 aromatic heterocycles. The van der Waals surface area contributed by atoms with Crippen LogP contribution < -0.4 is 5.73 Å². The van der Waals surface area contributed by atoms with Gasteiger partial charge in [-0.15, -0.1) is 0 Å². The van der Waals surface area contributed by atoms with E-state index in [2.05, 4.69) is 0 Å². The number of nitrogens with zero attached hydrogens (tertiary/aromatic N) is 1. The smallest absolute Gasteiger partial charge is 0.255 e. The monoisotopic (exact) mass is 516 g/mol. The van der Waals surface area contributed by atoms with Crippen LogP contribution in [0.3, 0.4) is 0 Å². The van der Waals surface area contributed by atoms with Crippen LogP contribution in [0.4, 0.5) is 0 Å². The number of fused-ring (bicyclic) bond motifs is 3. The molecule has 0 bridgehead atoms. The number of allylic oxidation sites excluding steroid dienone is 1. The second-order valence-corrected chi connectivity index (χ2v) is 10.2. The van der Waals surface area contributed by atoms with Crippen molar-refractivity contribution in [2.75, 3.05) is 14.1 Å². The molecule has 6 N–H and O–H groups in total. The number of hydrogen-bond donors (Lipinski definition) is 5. The van der Waals surface area contributed by atoms with E-state index in [0.29, 0.717) is 11.1 Å². The van der Waals surface area contributed by atoms with Crippen LogP contribution in [-0.4, -0.2) is 68.5 Å². The Morgan fingerprint density at radius 2 is 1.74 bits per heavy atom. The van der Waals surface area contributed by atoms with E-state index in [0.717, 1.165) is 5.56 Å². The van der Waals surface area contributed by atoms with Crippen LogP contribution >= 0.6 is 0 Å². The minimum absolute atomic E-state index is 0.0130. The lowest BCUT2D eigenvalue weighted by Gasteiger charge is -2.50. The number of carbonyl (C=O) groups excluding carboxylic acids is 3. The van der Waals surface area contributed by atoms with Gasteiger partial charge in [0.25, 0.3) is 5.91 Å². The number of aliphatic hydroxyl groups excluding tert-OH is 2. The molecule has 196 valence electrons. The normalized spacial score (nSPS) is 27.0. The maximum Gasteiger partial charge on any atom is 0.255 e. The number of aromatic hydroxyl groups is 1. The number of primary amides is 1. The van der Waals surface area contributed by atoms with Gasteiger partial charge in [0.05, 0.1) is 11.6 Å². The fraction of sp³-hybridized carbons (Fsp3) is 0.276. The van der Waals surface area contributed by atoms with Crippen LogP contribution in [-0.2, 0) is 16.0 Å². The lowest BCUT2D eigenvalue weighted by atomic mass is 9.58. The number of aliphatic hydroxyl groups is 3. The van der Waals surface area contributed by atoms with Crippen molar-refractivity contribution in [3.8, 4) is 5.75 Å². The van der Waals surface area contributed by atoms with Gasteiger partial charge in [0.15, 0.2) is 11.4 Å². The second kappa shape index (κ2) is 8.97. The third kappa shape index (κ3) is 3.58. The van der Waals surface area contributed by atoms with Crippen molar-refractivity contribution in [2.24, 2.45) is 17.6 Å². The lowest BCUT2D eigenvalue weighted by Crippen LogP contribution is -2.63. The number of benzene rings is 2. The lowest BCUT2D eigenvalue weighted by molar-refractivity contribution is -0.148. The van der Waals surface area contributed by atoms with E-state index in [4.69, 9.17) is 5.73 Å². The summed E-state index contributed by atoms with van der Waals surface area (Å²) >= 11 is 0. The van der Waals surface area contributed by atoms with Gasteiger partial charge in [-0.25, -0.2) is 0 Å². The Morgan fingerprint density at radius 3 is 2.37 bits per heavy atom. The zero-order valence-corrected chi connectivity index (χ0v) is 20.9. The van der Waals surface area contributed by atoms with E-state index >= 15 is 0 Å². The van der Waals surface area contributed by atoms with E-state index < -0.39 is 58.0 Å². The van der Waals surface area contributed by atoms with Gasteiger partial charge in [-0.2, -0.15) is 0 Å². The standard InChI is InChI=1S/C29H28N2O7/c1-31(2)23-18-13-16-12-17-15(9-8-14-6-4-3-5-7-14)10-11-19(32)21(17)24(33)20(16)26(35)29(18,38)27(36)22(25(23)34)28(30)37/h3-11,16,18,23,32,34-35,38H,12-13H2,1-2H3,(H2,30,37)/b9-8+/t16-,18-,23-,29-/m0/s1. The Balaban J connectivity index is 1.66. The molecule has 9 heteroatoms. The molecular weight excluding hydrogens is 488 g/mol. The van der Waals surface area contributed by atoms with Crippen molar-refractivity contribution in [3.05, 3.63) is 87.4 Å². The Bertz CT molecular complexity index is 1470. The molecule has 0 heterocycles. The van der Waals surface area contributed by atoms with Crippen molar-refractivity contribution in [1.29, 1.82) is 0 Å². The molecule has 0 saturated heterocycles. The molecule has 0 saturated carbocycles. The number of Topliss-reactive ketones (excluding diaryl/α,β-unsaturated/α-hetero) is 2. The number of phenols is 1. The number of amides is 1. The zero-order valence-electron chi connectivity index (χ0n) is 20.9. The van der Waals surface area contributed by atoms with Crippen LogP contribution in [0, 0.1) is 11.8 Å². The quantitative estimate of drug-likeness (QED) is 0.305. The largest absolute Gasteiger partial charge is 0.510 e. The molecule has 2 aromatic carbocycles. The van der Waals surface area contributed by atoms with Gasteiger partial charge < -0.3 is 26.2 Å². The Labute approximate surface area is 218 Å². The molecule has 2 aromatic rings. The van der Waals surface area contributed by atoms with Crippen LogP contribution in [0.5, 0.6) is 5.75 Å². The summed E-state index contributed by atoms with van der Waals surface area (Å²) in [6.45, 7) is 0. The molecule has 3 aliphatic carbocycles. The highest BCUT2D eigenvalue weighted by Gasteiger charge is 2.63. The highest BCUT2D eigenvalue weighted by molar-refractivity contribution is 6.24. The summed E-state index contributed by atoms with van der Waals surface area (Å²) in [7, 11) is 3.19. The summed E-state index contributed by atoms with van der Waals surface area (Å²) in [4.78, 5) is 40.7. The summed E-state index contributed by atoms with van der Waals surface area (Å²) in [6.07, 6.45) is 4.01. The van der Waals surface area contributed by atoms with Crippen molar-refractivity contribution >= 4 is 29.6 Å². The number of rotatable bonds is 4.